The first-order valence-electron chi connectivity index (χ1n) is 7.05. The molecule has 2 aromatic carbocycles. The van der Waals surface area contributed by atoms with Crippen molar-refractivity contribution in [3.8, 4) is 0 Å². The van der Waals surface area contributed by atoms with Crippen molar-refractivity contribution in [2.24, 2.45) is 0 Å². The lowest BCUT2D eigenvalue weighted by atomic mass is 9.97. The van der Waals surface area contributed by atoms with Gasteiger partial charge >= 0.3 is 0 Å². The fraction of sp³-hybridized carbons (Fsp3) is 0.294. The Balaban J connectivity index is 1.70. The number of rotatable bonds is 3. The molecular formula is C17H20N2O. The molecule has 1 aliphatic heterocycles. The molecule has 0 fully saturated rings. The topological polar surface area (TPSA) is 49.5 Å². The lowest BCUT2D eigenvalue weighted by molar-refractivity contribution is 0.106. The Morgan fingerprint density at radius 1 is 1.10 bits per heavy atom. The molecule has 1 unspecified atom stereocenters. The Bertz CT molecular complexity index is 583. The van der Waals surface area contributed by atoms with Gasteiger partial charge in [0, 0.05) is 25.3 Å². The van der Waals surface area contributed by atoms with E-state index >= 15 is 0 Å². The molecule has 20 heavy (non-hydrogen) atoms. The zero-order valence-electron chi connectivity index (χ0n) is 11.5. The second kappa shape index (κ2) is 5.65. The van der Waals surface area contributed by atoms with Crippen LogP contribution in [0, 0.1) is 0 Å². The third kappa shape index (κ3) is 2.69. The number of fused-ring (bicyclic) bond motifs is 1. The third-order valence-corrected chi connectivity index (χ3v) is 4.00. The molecule has 1 heterocycles. The molecule has 0 saturated carbocycles. The van der Waals surface area contributed by atoms with E-state index in [-0.39, 0.29) is 0 Å². The molecule has 104 valence electrons. The second-order valence-electron chi connectivity index (χ2n) is 5.40. The number of nitrogens with zero attached hydrogens (tertiary/aromatic N) is 1. The summed E-state index contributed by atoms with van der Waals surface area (Å²) in [5.74, 6) is 0. The van der Waals surface area contributed by atoms with E-state index < -0.39 is 6.10 Å². The summed E-state index contributed by atoms with van der Waals surface area (Å²) in [7, 11) is 0. The van der Waals surface area contributed by atoms with Gasteiger partial charge in [-0.05, 0) is 29.2 Å². The number of aliphatic hydroxyl groups excluding tert-OH is 1. The highest BCUT2D eigenvalue weighted by Gasteiger charge is 2.20. The Hall–Kier alpha value is -1.84. The second-order valence-corrected chi connectivity index (χ2v) is 5.40. The van der Waals surface area contributed by atoms with Crippen LogP contribution in [-0.2, 0) is 13.0 Å². The summed E-state index contributed by atoms with van der Waals surface area (Å²) < 4.78 is 0. The van der Waals surface area contributed by atoms with E-state index in [9.17, 15) is 5.11 Å². The molecule has 1 aliphatic rings. The van der Waals surface area contributed by atoms with Crippen LogP contribution in [0.2, 0.25) is 0 Å². The molecule has 0 amide bonds. The standard InChI is InChI=1S/C17H20N2O/c18-16-8-4-7-13-9-10-19(11-15(13)16)12-17(20)14-5-2-1-3-6-14/h1-8,17,20H,9-12,18H2. The van der Waals surface area contributed by atoms with Crippen molar-refractivity contribution in [2.45, 2.75) is 19.1 Å². The number of anilines is 1. The highest BCUT2D eigenvalue weighted by Crippen LogP contribution is 2.25. The van der Waals surface area contributed by atoms with Crippen LogP contribution in [0.15, 0.2) is 48.5 Å². The average Bonchev–Trinajstić information content (AvgIpc) is 2.49. The molecule has 3 N–H and O–H groups in total. The third-order valence-electron chi connectivity index (χ3n) is 4.00. The minimum absolute atomic E-state index is 0.442. The summed E-state index contributed by atoms with van der Waals surface area (Å²) in [5.41, 5.74) is 10.5. The summed E-state index contributed by atoms with van der Waals surface area (Å²) in [6.45, 7) is 2.45. The van der Waals surface area contributed by atoms with Gasteiger partial charge < -0.3 is 10.8 Å². The van der Waals surface area contributed by atoms with E-state index in [4.69, 9.17) is 5.73 Å². The van der Waals surface area contributed by atoms with Crippen molar-refractivity contribution in [1.82, 2.24) is 4.90 Å². The number of nitrogen functional groups attached to an aromatic ring is 1. The first-order valence-corrected chi connectivity index (χ1v) is 7.05. The van der Waals surface area contributed by atoms with E-state index in [2.05, 4.69) is 11.0 Å². The molecular weight excluding hydrogens is 248 g/mol. The zero-order chi connectivity index (χ0) is 13.9. The summed E-state index contributed by atoms with van der Waals surface area (Å²) >= 11 is 0. The van der Waals surface area contributed by atoms with Crippen molar-refractivity contribution < 1.29 is 5.11 Å². The quantitative estimate of drug-likeness (QED) is 0.840. The minimum atomic E-state index is -0.442. The van der Waals surface area contributed by atoms with Crippen LogP contribution in [0.1, 0.15) is 22.8 Å². The van der Waals surface area contributed by atoms with Crippen LogP contribution in [-0.4, -0.2) is 23.1 Å². The fourth-order valence-electron chi connectivity index (χ4n) is 2.84. The van der Waals surface area contributed by atoms with Gasteiger partial charge in [0.1, 0.15) is 0 Å². The van der Waals surface area contributed by atoms with Crippen LogP contribution >= 0.6 is 0 Å². The molecule has 3 nitrogen and oxygen atoms in total. The van der Waals surface area contributed by atoms with Crippen molar-refractivity contribution in [3.63, 3.8) is 0 Å². The van der Waals surface area contributed by atoms with Gasteiger partial charge in [-0.2, -0.15) is 0 Å². The molecule has 0 spiro atoms. The molecule has 2 aromatic rings. The highest BCUT2D eigenvalue weighted by molar-refractivity contribution is 5.51. The molecule has 0 aromatic heterocycles. The van der Waals surface area contributed by atoms with Gasteiger partial charge in [-0.3, -0.25) is 4.90 Å². The van der Waals surface area contributed by atoms with Crippen molar-refractivity contribution >= 4 is 5.69 Å². The Labute approximate surface area is 119 Å². The minimum Gasteiger partial charge on any atom is -0.398 e. The lowest BCUT2D eigenvalue weighted by Gasteiger charge is -2.31. The summed E-state index contributed by atoms with van der Waals surface area (Å²) in [4.78, 5) is 2.27. The first kappa shape index (κ1) is 13.2. The SMILES string of the molecule is Nc1cccc2c1CN(CC(O)c1ccccc1)CC2. The number of hydrogen-bond donors (Lipinski definition) is 2. The molecule has 0 bridgehead atoms. The number of aliphatic hydroxyl groups is 1. The van der Waals surface area contributed by atoms with Gasteiger partial charge in [-0.25, -0.2) is 0 Å². The van der Waals surface area contributed by atoms with Crippen LogP contribution in [0.3, 0.4) is 0 Å². The summed E-state index contributed by atoms with van der Waals surface area (Å²) in [5, 5.41) is 10.3. The predicted molar refractivity (Wildman–Crippen MR) is 81.2 cm³/mol. The molecule has 3 rings (SSSR count). The average molecular weight is 268 g/mol. The van der Waals surface area contributed by atoms with Crippen molar-refractivity contribution in [3.05, 3.63) is 65.2 Å². The van der Waals surface area contributed by atoms with Gasteiger partial charge in [-0.15, -0.1) is 0 Å². The van der Waals surface area contributed by atoms with E-state index in [1.165, 1.54) is 11.1 Å². The number of hydrogen-bond acceptors (Lipinski definition) is 3. The maximum atomic E-state index is 10.3. The number of β-amino-alcohol motifs (C(OH)–C–C–N with tert-alkyl or cyclic N) is 1. The number of nitrogens with two attached hydrogens (primary N) is 1. The van der Waals surface area contributed by atoms with Crippen LogP contribution in [0.4, 0.5) is 5.69 Å². The van der Waals surface area contributed by atoms with Gasteiger partial charge in [0.2, 0.25) is 0 Å². The van der Waals surface area contributed by atoms with Gasteiger partial charge in [0.25, 0.3) is 0 Å². The maximum Gasteiger partial charge on any atom is 0.0917 e. The van der Waals surface area contributed by atoms with Gasteiger partial charge in [-0.1, -0.05) is 42.5 Å². The van der Waals surface area contributed by atoms with Crippen LogP contribution < -0.4 is 5.73 Å². The zero-order valence-corrected chi connectivity index (χ0v) is 11.5. The summed E-state index contributed by atoms with van der Waals surface area (Å²) in [6.07, 6.45) is 0.560. The van der Waals surface area contributed by atoms with Gasteiger partial charge in [0.15, 0.2) is 0 Å². The van der Waals surface area contributed by atoms with E-state index in [0.717, 1.165) is 30.8 Å². The monoisotopic (exact) mass is 268 g/mol. The smallest absolute Gasteiger partial charge is 0.0917 e. The van der Waals surface area contributed by atoms with Crippen LogP contribution in [0.25, 0.3) is 0 Å². The van der Waals surface area contributed by atoms with Crippen LogP contribution in [0.5, 0.6) is 0 Å². The van der Waals surface area contributed by atoms with E-state index in [0.29, 0.717) is 6.54 Å². The highest BCUT2D eigenvalue weighted by atomic mass is 16.3. The first-order chi connectivity index (χ1) is 9.74. The Morgan fingerprint density at radius 2 is 1.90 bits per heavy atom. The fourth-order valence-corrected chi connectivity index (χ4v) is 2.84. The van der Waals surface area contributed by atoms with Crippen molar-refractivity contribution in [2.75, 3.05) is 18.8 Å². The molecule has 3 heteroatoms. The Morgan fingerprint density at radius 3 is 2.70 bits per heavy atom. The Kier molecular flexibility index (Phi) is 3.72. The van der Waals surface area contributed by atoms with E-state index in [1.807, 2.05) is 42.5 Å². The molecule has 1 atom stereocenters. The van der Waals surface area contributed by atoms with Gasteiger partial charge in [0.05, 0.1) is 6.10 Å². The maximum absolute atomic E-state index is 10.3. The van der Waals surface area contributed by atoms with E-state index in [1.54, 1.807) is 0 Å². The predicted octanol–water partition coefficient (Wildman–Crippen LogP) is 2.36. The molecule has 0 radical (unpaired) electrons. The largest absolute Gasteiger partial charge is 0.398 e. The summed E-state index contributed by atoms with van der Waals surface area (Å²) in [6, 6.07) is 15.9. The lowest BCUT2D eigenvalue weighted by Crippen LogP contribution is -2.34. The van der Waals surface area contributed by atoms with Crippen molar-refractivity contribution in [1.29, 1.82) is 0 Å². The molecule has 0 aliphatic carbocycles. The number of benzene rings is 2. The molecule has 0 saturated heterocycles. The normalized spacial score (nSPS) is 16.6.